The lowest BCUT2D eigenvalue weighted by Crippen LogP contribution is -2.48. The molecule has 0 radical (unpaired) electrons. The van der Waals surface area contributed by atoms with Gasteiger partial charge in [0, 0.05) is 18.4 Å². The van der Waals surface area contributed by atoms with E-state index in [1.165, 1.54) is 11.8 Å². The third-order valence-electron chi connectivity index (χ3n) is 2.47. The molecule has 0 bridgehead atoms. The Morgan fingerprint density at radius 3 is 2.50 bits per heavy atom. The Kier molecular flexibility index (Phi) is 7.27. The van der Waals surface area contributed by atoms with Gasteiger partial charge in [-0.25, -0.2) is 0 Å². The number of methoxy groups -OCH3 is 1. The van der Waals surface area contributed by atoms with Crippen LogP contribution in [0.1, 0.15) is 20.8 Å². The van der Waals surface area contributed by atoms with E-state index in [0.717, 1.165) is 0 Å². The zero-order valence-electron chi connectivity index (χ0n) is 11.2. The fourth-order valence-corrected chi connectivity index (χ4v) is 2.65. The predicted molar refractivity (Wildman–Crippen MR) is 71.6 cm³/mol. The molecule has 7 heteroatoms. The molecule has 0 rings (SSSR count). The number of rotatable bonds is 8. The van der Waals surface area contributed by atoms with Gasteiger partial charge in [-0.3, -0.25) is 9.59 Å². The molecule has 1 amide bonds. The lowest BCUT2D eigenvalue weighted by Gasteiger charge is -2.30. The third-order valence-corrected chi connectivity index (χ3v) is 3.90. The SMILES string of the molecule is COCCNC(=O)C(C)SC(C)(C)[C@H](N)C(=O)O. The summed E-state index contributed by atoms with van der Waals surface area (Å²) in [6.07, 6.45) is 0. The van der Waals surface area contributed by atoms with Crippen molar-refractivity contribution < 1.29 is 19.4 Å². The van der Waals surface area contributed by atoms with Gasteiger partial charge < -0.3 is 20.9 Å². The number of thioether (sulfide) groups is 1. The minimum absolute atomic E-state index is 0.150. The van der Waals surface area contributed by atoms with Crippen LogP contribution in [0.5, 0.6) is 0 Å². The molecule has 0 saturated carbocycles. The Morgan fingerprint density at radius 2 is 2.06 bits per heavy atom. The highest BCUT2D eigenvalue weighted by Gasteiger charge is 2.35. The second-order valence-electron chi connectivity index (χ2n) is 4.46. The standard InChI is InChI=1S/C11H22N2O4S/c1-7(9(14)13-5-6-17-4)18-11(2,3)8(12)10(15)16/h7-8H,5-6,12H2,1-4H3,(H,13,14)(H,15,16)/t7?,8-/m1/s1. The summed E-state index contributed by atoms with van der Waals surface area (Å²) in [5.74, 6) is -1.22. The van der Waals surface area contributed by atoms with Gasteiger partial charge in [0.05, 0.1) is 11.9 Å². The van der Waals surface area contributed by atoms with Crippen LogP contribution in [-0.4, -0.2) is 53.3 Å². The van der Waals surface area contributed by atoms with Crippen LogP contribution in [0.25, 0.3) is 0 Å². The third kappa shape index (κ3) is 5.70. The van der Waals surface area contributed by atoms with Crippen LogP contribution >= 0.6 is 11.8 Å². The Bertz CT molecular complexity index is 297. The Morgan fingerprint density at radius 1 is 1.50 bits per heavy atom. The predicted octanol–water partition coefficient (Wildman–Crippen LogP) is 0.0612. The summed E-state index contributed by atoms with van der Waals surface area (Å²) in [6.45, 7) is 6.04. The summed E-state index contributed by atoms with van der Waals surface area (Å²) >= 11 is 1.25. The first-order valence-electron chi connectivity index (χ1n) is 5.65. The van der Waals surface area contributed by atoms with Gasteiger partial charge in [-0.2, -0.15) is 0 Å². The molecule has 0 aromatic rings. The number of nitrogens with one attached hydrogen (secondary N) is 1. The molecular weight excluding hydrogens is 256 g/mol. The molecule has 106 valence electrons. The Balaban J connectivity index is 4.32. The van der Waals surface area contributed by atoms with Crippen molar-refractivity contribution in [2.45, 2.75) is 36.8 Å². The van der Waals surface area contributed by atoms with Gasteiger partial charge in [-0.05, 0) is 20.8 Å². The van der Waals surface area contributed by atoms with Gasteiger partial charge in [-0.1, -0.05) is 0 Å². The number of hydrogen-bond acceptors (Lipinski definition) is 5. The number of amides is 1. The molecule has 0 fully saturated rings. The van der Waals surface area contributed by atoms with Gasteiger partial charge >= 0.3 is 5.97 Å². The van der Waals surface area contributed by atoms with Crippen molar-refractivity contribution in [1.29, 1.82) is 0 Å². The normalized spacial score (nSPS) is 14.9. The molecule has 2 atom stereocenters. The first kappa shape index (κ1) is 17.2. The summed E-state index contributed by atoms with van der Waals surface area (Å²) in [7, 11) is 1.55. The highest BCUT2D eigenvalue weighted by atomic mass is 32.2. The number of ether oxygens (including phenoxy) is 1. The molecule has 4 N–H and O–H groups in total. The topological polar surface area (TPSA) is 102 Å². The van der Waals surface area contributed by atoms with Gasteiger partial charge in [0.25, 0.3) is 0 Å². The molecule has 1 unspecified atom stereocenters. The molecule has 0 aromatic carbocycles. The molecule has 6 nitrogen and oxygen atoms in total. The van der Waals surface area contributed by atoms with E-state index in [0.29, 0.717) is 13.2 Å². The summed E-state index contributed by atoms with van der Waals surface area (Å²) in [6, 6.07) is -1.02. The number of carbonyl (C=O) groups excluding carboxylic acids is 1. The molecule has 0 saturated heterocycles. The first-order valence-corrected chi connectivity index (χ1v) is 6.53. The van der Waals surface area contributed by atoms with Crippen molar-refractivity contribution in [2.24, 2.45) is 5.73 Å². The van der Waals surface area contributed by atoms with Crippen LogP contribution in [0.4, 0.5) is 0 Å². The van der Waals surface area contributed by atoms with E-state index in [1.54, 1.807) is 27.9 Å². The monoisotopic (exact) mass is 278 g/mol. The smallest absolute Gasteiger partial charge is 0.321 e. The van der Waals surface area contributed by atoms with Crippen LogP contribution in [-0.2, 0) is 14.3 Å². The number of carbonyl (C=O) groups is 2. The lowest BCUT2D eigenvalue weighted by molar-refractivity contribution is -0.139. The second-order valence-corrected chi connectivity index (χ2v) is 6.46. The maximum Gasteiger partial charge on any atom is 0.321 e. The van der Waals surface area contributed by atoms with Crippen molar-refractivity contribution in [3.05, 3.63) is 0 Å². The summed E-state index contributed by atoms with van der Waals surface area (Å²) in [5.41, 5.74) is 5.59. The lowest BCUT2D eigenvalue weighted by atomic mass is 10.1. The summed E-state index contributed by atoms with van der Waals surface area (Å²) in [4.78, 5) is 22.6. The van der Waals surface area contributed by atoms with E-state index < -0.39 is 16.8 Å². The molecule has 0 aliphatic heterocycles. The molecule has 0 spiro atoms. The van der Waals surface area contributed by atoms with Crippen molar-refractivity contribution in [3.63, 3.8) is 0 Å². The average molecular weight is 278 g/mol. The van der Waals surface area contributed by atoms with Crippen LogP contribution < -0.4 is 11.1 Å². The zero-order valence-corrected chi connectivity index (χ0v) is 12.0. The number of carboxylic acid groups (broad SMARTS) is 1. The van der Waals surface area contributed by atoms with E-state index in [2.05, 4.69) is 5.32 Å². The maximum atomic E-state index is 11.7. The minimum Gasteiger partial charge on any atom is -0.480 e. The van der Waals surface area contributed by atoms with Crippen molar-refractivity contribution >= 4 is 23.6 Å². The largest absolute Gasteiger partial charge is 0.480 e. The quantitative estimate of drug-likeness (QED) is 0.543. The molecule has 18 heavy (non-hydrogen) atoms. The van der Waals surface area contributed by atoms with Crippen molar-refractivity contribution in [1.82, 2.24) is 5.32 Å². The minimum atomic E-state index is -1.07. The van der Waals surface area contributed by atoms with Crippen LogP contribution in [0.2, 0.25) is 0 Å². The fourth-order valence-electron chi connectivity index (χ4n) is 1.30. The number of carboxylic acids is 1. The molecule has 0 aromatic heterocycles. The van der Waals surface area contributed by atoms with Gasteiger partial charge in [0.15, 0.2) is 0 Å². The summed E-state index contributed by atoms with van der Waals surface area (Å²) in [5, 5.41) is 11.2. The fraction of sp³-hybridized carbons (Fsp3) is 0.818. The maximum absolute atomic E-state index is 11.7. The summed E-state index contributed by atoms with van der Waals surface area (Å²) < 4.78 is 4.10. The van der Waals surface area contributed by atoms with E-state index in [9.17, 15) is 9.59 Å². The molecule has 0 heterocycles. The molecule has 0 aliphatic rings. The Labute approximate surface area is 112 Å². The van der Waals surface area contributed by atoms with Gasteiger partial charge in [0.2, 0.25) is 5.91 Å². The zero-order chi connectivity index (χ0) is 14.3. The molecule has 0 aliphatic carbocycles. The van der Waals surface area contributed by atoms with Crippen LogP contribution in [0.15, 0.2) is 0 Å². The van der Waals surface area contributed by atoms with E-state index in [4.69, 9.17) is 15.6 Å². The van der Waals surface area contributed by atoms with Crippen molar-refractivity contribution in [3.8, 4) is 0 Å². The number of hydrogen-bond donors (Lipinski definition) is 3. The number of aliphatic carboxylic acids is 1. The average Bonchev–Trinajstić information content (AvgIpc) is 2.27. The van der Waals surface area contributed by atoms with E-state index in [-0.39, 0.29) is 11.2 Å². The van der Waals surface area contributed by atoms with E-state index in [1.807, 2.05) is 0 Å². The van der Waals surface area contributed by atoms with E-state index >= 15 is 0 Å². The number of nitrogens with two attached hydrogens (primary N) is 1. The van der Waals surface area contributed by atoms with Gasteiger partial charge in [-0.15, -0.1) is 11.8 Å². The highest BCUT2D eigenvalue weighted by molar-refractivity contribution is 8.02. The van der Waals surface area contributed by atoms with Crippen LogP contribution in [0, 0.1) is 0 Å². The second kappa shape index (κ2) is 7.60. The van der Waals surface area contributed by atoms with Crippen molar-refractivity contribution in [2.75, 3.05) is 20.3 Å². The first-order chi connectivity index (χ1) is 8.22. The molecular formula is C11H22N2O4S. The highest BCUT2D eigenvalue weighted by Crippen LogP contribution is 2.31. The van der Waals surface area contributed by atoms with Crippen LogP contribution in [0.3, 0.4) is 0 Å². The van der Waals surface area contributed by atoms with Gasteiger partial charge in [0.1, 0.15) is 6.04 Å². The Hall–Kier alpha value is -0.790.